The molecule has 0 spiro atoms. The van der Waals surface area contributed by atoms with Crippen LogP contribution in [-0.4, -0.2) is 63.0 Å². The molecule has 0 fully saturated rings. The lowest BCUT2D eigenvalue weighted by Gasteiger charge is -2.22. The third-order valence-electron chi connectivity index (χ3n) is 7.32. The number of ether oxygens (including phenoxy) is 2. The largest absolute Gasteiger partial charge is 0.493 e. The fourth-order valence-corrected chi connectivity index (χ4v) is 4.81. The maximum atomic E-state index is 13.4. The van der Waals surface area contributed by atoms with Crippen LogP contribution in [0.25, 0.3) is 11.0 Å². The van der Waals surface area contributed by atoms with Gasteiger partial charge < -0.3 is 35.1 Å². The van der Waals surface area contributed by atoms with Crippen LogP contribution in [0.15, 0.2) is 109 Å². The molecule has 5 rings (SSSR count). The summed E-state index contributed by atoms with van der Waals surface area (Å²) < 4.78 is 10.8. The number of carboxylic acid groups (broad SMARTS) is 1. The van der Waals surface area contributed by atoms with Crippen LogP contribution in [0.2, 0.25) is 0 Å². The maximum Gasteiger partial charge on any atom is 0.408 e. The number of imidazole rings is 1. The molecule has 0 aliphatic rings. The summed E-state index contributed by atoms with van der Waals surface area (Å²) in [6.07, 6.45) is -0.771. The molecule has 1 atom stereocenters. The molecule has 5 aromatic rings. The fourth-order valence-electron chi connectivity index (χ4n) is 4.81. The van der Waals surface area contributed by atoms with Crippen molar-refractivity contribution < 1.29 is 33.8 Å². The summed E-state index contributed by atoms with van der Waals surface area (Å²) in [5.74, 6) is -0.680. The zero-order chi connectivity index (χ0) is 33.7. The fraction of sp³-hybridized carbons (Fsp3) is 0.194. The lowest BCUT2D eigenvalue weighted by Crippen LogP contribution is -2.48. The molecule has 0 aliphatic heterocycles. The van der Waals surface area contributed by atoms with Crippen molar-refractivity contribution in [1.82, 2.24) is 25.5 Å². The van der Waals surface area contributed by atoms with Crippen molar-refractivity contribution in [2.24, 2.45) is 0 Å². The Morgan fingerprint density at radius 3 is 2.21 bits per heavy atom. The number of hydrogen-bond donors (Lipinski definition) is 4. The first-order valence-electron chi connectivity index (χ1n) is 15.3. The molecule has 4 N–H and O–H groups in total. The number of carboxylic acids is 1. The van der Waals surface area contributed by atoms with E-state index in [1.54, 1.807) is 53.4 Å². The molecule has 0 radical (unpaired) electrons. The smallest absolute Gasteiger partial charge is 0.408 e. The van der Waals surface area contributed by atoms with E-state index in [4.69, 9.17) is 9.47 Å². The van der Waals surface area contributed by atoms with E-state index < -0.39 is 24.0 Å². The maximum absolute atomic E-state index is 13.4. The van der Waals surface area contributed by atoms with Gasteiger partial charge in [0.05, 0.1) is 30.6 Å². The topological polar surface area (TPSA) is 163 Å². The van der Waals surface area contributed by atoms with Gasteiger partial charge in [-0.05, 0) is 47.5 Å². The third-order valence-corrected chi connectivity index (χ3v) is 7.32. The quantitative estimate of drug-likeness (QED) is 0.127. The Bertz CT molecular complexity index is 1800. The van der Waals surface area contributed by atoms with E-state index >= 15 is 0 Å². The number of hydrogen-bond acceptors (Lipinski definition) is 7. The van der Waals surface area contributed by atoms with Crippen molar-refractivity contribution in [3.8, 4) is 5.75 Å². The first kappa shape index (κ1) is 33.2. The van der Waals surface area contributed by atoms with Crippen LogP contribution in [0.4, 0.5) is 4.79 Å². The number of benzene rings is 4. The van der Waals surface area contributed by atoms with Crippen molar-refractivity contribution >= 4 is 34.9 Å². The Kier molecular flexibility index (Phi) is 11.3. The lowest BCUT2D eigenvalue weighted by atomic mass is 10.1. The van der Waals surface area contributed by atoms with Gasteiger partial charge in [-0.3, -0.25) is 9.59 Å². The van der Waals surface area contributed by atoms with Gasteiger partial charge >= 0.3 is 12.1 Å². The van der Waals surface area contributed by atoms with Gasteiger partial charge in [0.25, 0.3) is 5.91 Å². The summed E-state index contributed by atoms with van der Waals surface area (Å²) in [5, 5.41) is 14.3. The Hall–Kier alpha value is -6.17. The molecular formula is C36H35N5O7. The van der Waals surface area contributed by atoms with E-state index in [2.05, 4.69) is 20.6 Å². The average molecular weight is 650 g/mol. The number of alkyl carbamates (subject to hydrolysis) is 1. The van der Waals surface area contributed by atoms with Gasteiger partial charge in [-0.15, -0.1) is 0 Å². The van der Waals surface area contributed by atoms with Gasteiger partial charge in [0.15, 0.2) is 0 Å². The number of aromatic nitrogens is 2. The minimum atomic E-state index is -1.40. The van der Waals surface area contributed by atoms with E-state index in [0.29, 0.717) is 11.6 Å². The van der Waals surface area contributed by atoms with Gasteiger partial charge in [-0.25, -0.2) is 14.6 Å². The monoisotopic (exact) mass is 649 g/mol. The van der Waals surface area contributed by atoms with Crippen LogP contribution in [0.3, 0.4) is 0 Å². The predicted octanol–water partition coefficient (Wildman–Crippen LogP) is 4.67. The number of H-pyrrole nitrogens is 1. The van der Waals surface area contributed by atoms with Crippen molar-refractivity contribution in [3.63, 3.8) is 0 Å². The highest BCUT2D eigenvalue weighted by Gasteiger charge is 2.22. The molecule has 0 saturated heterocycles. The normalized spacial score (nSPS) is 11.3. The average Bonchev–Trinajstić information content (AvgIpc) is 3.52. The summed E-state index contributed by atoms with van der Waals surface area (Å²) in [6, 6.07) is 31.1. The Morgan fingerprint density at radius 1 is 0.812 bits per heavy atom. The van der Waals surface area contributed by atoms with E-state index in [1.807, 2.05) is 60.7 Å². The number of amides is 3. The van der Waals surface area contributed by atoms with Gasteiger partial charge in [-0.2, -0.15) is 0 Å². The minimum Gasteiger partial charge on any atom is -0.493 e. The number of nitrogens with zero attached hydrogens (tertiary/aromatic N) is 2. The second-order valence-corrected chi connectivity index (χ2v) is 10.9. The number of rotatable bonds is 15. The minimum absolute atomic E-state index is 0.0273. The van der Waals surface area contributed by atoms with Gasteiger partial charge in [-0.1, -0.05) is 72.8 Å². The van der Waals surface area contributed by atoms with Crippen LogP contribution in [0, 0.1) is 0 Å². The summed E-state index contributed by atoms with van der Waals surface area (Å²) in [7, 11) is 0. The molecule has 12 nitrogen and oxygen atoms in total. The van der Waals surface area contributed by atoms with Crippen molar-refractivity contribution in [1.29, 1.82) is 0 Å². The van der Waals surface area contributed by atoms with Crippen molar-refractivity contribution in [2.75, 3.05) is 13.2 Å². The highest BCUT2D eigenvalue weighted by Crippen LogP contribution is 2.16. The van der Waals surface area contributed by atoms with Crippen LogP contribution in [0.5, 0.6) is 5.75 Å². The molecular weight excluding hydrogens is 614 g/mol. The summed E-state index contributed by atoms with van der Waals surface area (Å²) in [6.45, 7) is 0.300. The third kappa shape index (κ3) is 9.66. The molecule has 3 amide bonds. The summed E-state index contributed by atoms with van der Waals surface area (Å²) in [4.78, 5) is 59.6. The van der Waals surface area contributed by atoms with Crippen LogP contribution >= 0.6 is 0 Å². The zero-order valence-corrected chi connectivity index (χ0v) is 26.0. The number of nitrogens with one attached hydrogen (secondary N) is 3. The molecule has 4 aromatic carbocycles. The Balaban J connectivity index is 1.17. The van der Waals surface area contributed by atoms with E-state index in [1.165, 1.54) is 0 Å². The molecule has 0 aliphatic carbocycles. The summed E-state index contributed by atoms with van der Waals surface area (Å²) in [5.41, 5.74) is 3.46. The number of para-hydroxylation sites is 3. The first-order chi connectivity index (χ1) is 23.3. The molecule has 246 valence electrons. The molecule has 1 aromatic heterocycles. The summed E-state index contributed by atoms with van der Waals surface area (Å²) >= 11 is 0. The lowest BCUT2D eigenvalue weighted by molar-refractivity contribution is -0.139. The van der Waals surface area contributed by atoms with E-state index in [0.717, 1.165) is 22.2 Å². The van der Waals surface area contributed by atoms with Crippen molar-refractivity contribution in [2.45, 2.75) is 32.2 Å². The zero-order valence-electron chi connectivity index (χ0n) is 26.0. The standard InChI is InChI=1S/C36H35N5O7/c42-33(19-20-47-28-11-5-2-6-12-28)41(23-32-38-29-13-7-8-14-30(29)39-32)22-25-15-17-27(18-16-25)34(43)37-21-31(35(44)45)40-36(46)48-24-26-9-3-1-4-10-26/h1-18,31H,19-24H2,(H,37,43)(H,38,39)(H,40,46)(H,44,45). The highest BCUT2D eigenvalue weighted by atomic mass is 16.5. The molecule has 1 unspecified atom stereocenters. The highest BCUT2D eigenvalue weighted by molar-refractivity contribution is 5.94. The SMILES string of the molecule is O=C(NC(CNC(=O)c1ccc(CN(Cc2nc3ccccc3[nH]2)C(=O)CCOc2ccccc2)cc1)C(=O)O)OCc1ccccc1. The second kappa shape index (κ2) is 16.4. The van der Waals surface area contributed by atoms with E-state index in [9.17, 15) is 24.3 Å². The van der Waals surface area contributed by atoms with Crippen LogP contribution in [0.1, 0.15) is 33.7 Å². The van der Waals surface area contributed by atoms with Crippen LogP contribution in [-0.2, 0) is 34.0 Å². The number of carbonyl (C=O) groups is 4. The predicted molar refractivity (Wildman–Crippen MR) is 177 cm³/mol. The molecule has 12 heteroatoms. The van der Waals surface area contributed by atoms with Gasteiger partial charge in [0.1, 0.15) is 24.2 Å². The number of fused-ring (bicyclic) bond motifs is 1. The number of carbonyl (C=O) groups excluding carboxylic acids is 3. The molecule has 48 heavy (non-hydrogen) atoms. The first-order valence-corrected chi connectivity index (χ1v) is 15.3. The molecule has 0 saturated carbocycles. The van der Waals surface area contributed by atoms with Crippen molar-refractivity contribution in [3.05, 3.63) is 132 Å². The number of aromatic amines is 1. The Morgan fingerprint density at radius 2 is 1.50 bits per heavy atom. The van der Waals surface area contributed by atoms with E-state index in [-0.39, 0.29) is 50.7 Å². The molecule has 0 bridgehead atoms. The molecule has 1 heterocycles. The second-order valence-electron chi connectivity index (χ2n) is 10.9. The van der Waals surface area contributed by atoms with Gasteiger partial charge in [0, 0.05) is 18.7 Å². The Labute approximate surface area is 276 Å². The number of aliphatic carboxylic acids is 1. The van der Waals surface area contributed by atoms with Gasteiger partial charge in [0.2, 0.25) is 5.91 Å². The van der Waals surface area contributed by atoms with Crippen LogP contribution < -0.4 is 15.4 Å².